The van der Waals surface area contributed by atoms with Crippen LogP contribution in [0, 0.1) is 5.41 Å². The molecule has 0 spiro atoms. The number of aliphatic hydroxyl groups is 1. The highest BCUT2D eigenvalue weighted by Gasteiger charge is 2.24. The summed E-state index contributed by atoms with van der Waals surface area (Å²) in [5, 5.41) is 15.7. The number of unbranched alkanes of at least 4 members (excludes halogenated alkanes) is 1. The van der Waals surface area contributed by atoms with Gasteiger partial charge < -0.3 is 20.6 Å². The molecule has 0 aromatic heterocycles. The van der Waals surface area contributed by atoms with Crippen LogP contribution in [0.5, 0.6) is 0 Å². The van der Waals surface area contributed by atoms with Gasteiger partial charge in [0.05, 0.1) is 6.10 Å². The highest BCUT2D eigenvalue weighted by atomic mass is 16.3. The van der Waals surface area contributed by atoms with Crippen LogP contribution in [-0.2, 0) is 0 Å². The summed E-state index contributed by atoms with van der Waals surface area (Å²) in [5.41, 5.74) is -0.210. The number of nitrogens with one attached hydrogen (secondary N) is 2. The maximum Gasteiger partial charge on any atom is 0.315 e. The summed E-state index contributed by atoms with van der Waals surface area (Å²) >= 11 is 0. The lowest BCUT2D eigenvalue weighted by Crippen LogP contribution is -2.50. The van der Waals surface area contributed by atoms with Crippen LogP contribution >= 0.6 is 0 Å². The molecule has 2 amide bonds. The minimum Gasteiger partial charge on any atom is -0.391 e. The fourth-order valence-electron chi connectivity index (χ4n) is 2.41. The Morgan fingerprint density at radius 1 is 1.33 bits per heavy atom. The van der Waals surface area contributed by atoms with E-state index in [1.807, 2.05) is 20.8 Å². The number of amides is 2. The Bertz CT molecular complexity index is 307. The SMILES string of the molecule is CCCCN1CCC(NC(=O)NCC(O)C(C)(C)C)CC1. The highest BCUT2D eigenvalue weighted by molar-refractivity contribution is 5.74. The van der Waals surface area contributed by atoms with Gasteiger partial charge in [0.2, 0.25) is 0 Å². The standard InChI is InChI=1S/C16H33N3O2/c1-5-6-9-19-10-7-13(8-11-19)18-15(21)17-12-14(20)16(2,3)4/h13-14,20H,5-12H2,1-4H3,(H2,17,18,21). The Kier molecular flexibility index (Phi) is 7.46. The Hall–Kier alpha value is -0.810. The molecule has 0 radical (unpaired) electrons. The van der Waals surface area contributed by atoms with Crippen molar-refractivity contribution in [1.29, 1.82) is 0 Å². The van der Waals surface area contributed by atoms with Crippen molar-refractivity contribution in [2.45, 2.75) is 65.5 Å². The molecule has 1 heterocycles. The first-order valence-corrected chi connectivity index (χ1v) is 8.27. The van der Waals surface area contributed by atoms with Gasteiger partial charge in [0.25, 0.3) is 0 Å². The average Bonchev–Trinajstić information content (AvgIpc) is 2.43. The van der Waals surface area contributed by atoms with Gasteiger partial charge in [-0.1, -0.05) is 34.1 Å². The Morgan fingerprint density at radius 2 is 1.95 bits per heavy atom. The monoisotopic (exact) mass is 299 g/mol. The molecule has 5 nitrogen and oxygen atoms in total. The Balaban J connectivity index is 2.19. The van der Waals surface area contributed by atoms with Crippen LogP contribution < -0.4 is 10.6 Å². The number of piperidine rings is 1. The largest absolute Gasteiger partial charge is 0.391 e. The van der Waals surface area contributed by atoms with Crippen molar-refractivity contribution in [3.63, 3.8) is 0 Å². The molecule has 1 atom stereocenters. The van der Waals surface area contributed by atoms with Gasteiger partial charge in [0.1, 0.15) is 0 Å². The fourth-order valence-corrected chi connectivity index (χ4v) is 2.41. The van der Waals surface area contributed by atoms with Gasteiger partial charge in [-0.25, -0.2) is 4.79 Å². The molecular weight excluding hydrogens is 266 g/mol. The molecule has 21 heavy (non-hydrogen) atoms. The third-order valence-electron chi connectivity index (χ3n) is 4.21. The summed E-state index contributed by atoms with van der Waals surface area (Å²) in [6.45, 7) is 11.7. The molecule has 0 aromatic rings. The summed E-state index contributed by atoms with van der Waals surface area (Å²) in [7, 11) is 0. The number of likely N-dealkylation sites (tertiary alicyclic amines) is 1. The molecule has 1 unspecified atom stereocenters. The van der Waals surface area contributed by atoms with E-state index in [-0.39, 0.29) is 17.5 Å². The van der Waals surface area contributed by atoms with Crippen molar-refractivity contribution < 1.29 is 9.90 Å². The molecule has 0 aromatic carbocycles. The van der Waals surface area contributed by atoms with Crippen LogP contribution in [-0.4, -0.2) is 54.4 Å². The van der Waals surface area contributed by atoms with Crippen molar-refractivity contribution in [2.24, 2.45) is 5.41 Å². The number of nitrogens with zero attached hydrogens (tertiary/aromatic N) is 1. The van der Waals surface area contributed by atoms with E-state index in [1.54, 1.807) is 0 Å². The first-order valence-electron chi connectivity index (χ1n) is 8.27. The van der Waals surface area contributed by atoms with Crippen LogP contribution in [0.4, 0.5) is 4.79 Å². The number of aliphatic hydroxyl groups excluding tert-OH is 1. The zero-order valence-electron chi connectivity index (χ0n) is 14.1. The van der Waals surface area contributed by atoms with Gasteiger partial charge in [-0.2, -0.15) is 0 Å². The number of rotatable bonds is 6. The predicted molar refractivity (Wildman–Crippen MR) is 86.4 cm³/mol. The average molecular weight is 299 g/mol. The van der Waals surface area contributed by atoms with Crippen LogP contribution in [0.25, 0.3) is 0 Å². The lowest BCUT2D eigenvalue weighted by molar-refractivity contribution is 0.0647. The molecule has 3 N–H and O–H groups in total. The lowest BCUT2D eigenvalue weighted by atomic mass is 9.89. The second-order valence-corrected chi connectivity index (χ2v) is 7.21. The van der Waals surface area contributed by atoms with E-state index in [0.29, 0.717) is 6.54 Å². The van der Waals surface area contributed by atoms with Gasteiger partial charge in [-0.05, 0) is 31.2 Å². The molecule has 0 saturated carbocycles. The van der Waals surface area contributed by atoms with Crippen LogP contribution in [0.1, 0.15) is 53.4 Å². The molecule has 0 bridgehead atoms. The van der Waals surface area contributed by atoms with E-state index >= 15 is 0 Å². The second kappa shape index (κ2) is 8.59. The summed E-state index contributed by atoms with van der Waals surface area (Å²) in [6.07, 6.45) is 3.98. The van der Waals surface area contributed by atoms with Crippen molar-refractivity contribution in [3.8, 4) is 0 Å². The molecule has 1 rings (SSSR count). The predicted octanol–water partition coefficient (Wildman–Crippen LogP) is 1.96. The zero-order chi connectivity index (χ0) is 15.9. The van der Waals surface area contributed by atoms with E-state index in [1.165, 1.54) is 19.4 Å². The second-order valence-electron chi connectivity index (χ2n) is 7.21. The first-order chi connectivity index (χ1) is 9.82. The lowest BCUT2D eigenvalue weighted by Gasteiger charge is -2.32. The third-order valence-corrected chi connectivity index (χ3v) is 4.21. The molecular formula is C16H33N3O2. The van der Waals surface area contributed by atoms with Gasteiger partial charge in [0.15, 0.2) is 0 Å². The van der Waals surface area contributed by atoms with Crippen molar-refractivity contribution in [2.75, 3.05) is 26.2 Å². The summed E-state index contributed by atoms with van der Waals surface area (Å²) in [5.74, 6) is 0. The Morgan fingerprint density at radius 3 is 2.48 bits per heavy atom. The minimum absolute atomic E-state index is 0.162. The van der Waals surface area contributed by atoms with E-state index in [0.717, 1.165) is 25.9 Å². The topological polar surface area (TPSA) is 64.6 Å². The van der Waals surface area contributed by atoms with Crippen LogP contribution in [0.2, 0.25) is 0 Å². The van der Waals surface area contributed by atoms with Gasteiger partial charge in [-0.3, -0.25) is 0 Å². The maximum atomic E-state index is 11.8. The van der Waals surface area contributed by atoms with Crippen LogP contribution in [0.3, 0.4) is 0 Å². The summed E-state index contributed by atoms with van der Waals surface area (Å²) in [6, 6.07) is 0.0972. The molecule has 1 aliphatic heterocycles. The van der Waals surface area contributed by atoms with Gasteiger partial charge in [0, 0.05) is 25.7 Å². The normalized spacial score (nSPS) is 19.3. The molecule has 1 fully saturated rings. The number of carbonyl (C=O) groups is 1. The third kappa shape index (κ3) is 7.14. The van der Waals surface area contributed by atoms with E-state index < -0.39 is 6.10 Å². The zero-order valence-corrected chi connectivity index (χ0v) is 14.1. The molecule has 124 valence electrons. The summed E-state index contributed by atoms with van der Waals surface area (Å²) in [4.78, 5) is 14.3. The van der Waals surface area contributed by atoms with Gasteiger partial charge >= 0.3 is 6.03 Å². The number of hydrogen-bond donors (Lipinski definition) is 3. The molecule has 1 aliphatic rings. The number of urea groups is 1. The Labute approximate surface area is 129 Å². The maximum absolute atomic E-state index is 11.8. The van der Waals surface area contributed by atoms with E-state index in [2.05, 4.69) is 22.5 Å². The van der Waals surface area contributed by atoms with E-state index in [4.69, 9.17) is 0 Å². The van der Waals surface area contributed by atoms with Crippen molar-refractivity contribution in [3.05, 3.63) is 0 Å². The summed E-state index contributed by atoms with van der Waals surface area (Å²) < 4.78 is 0. The molecule has 0 aliphatic carbocycles. The molecule has 5 heteroatoms. The quantitative estimate of drug-likeness (QED) is 0.702. The van der Waals surface area contributed by atoms with Gasteiger partial charge in [-0.15, -0.1) is 0 Å². The van der Waals surface area contributed by atoms with Crippen molar-refractivity contribution >= 4 is 6.03 Å². The smallest absolute Gasteiger partial charge is 0.315 e. The van der Waals surface area contributed by atoms with Crippen molar-refractivity contribution in [1.82, 2.24) is 15.5 Å². The van der Waals surface area contributed by atoms with E-state index in [9.17, 15) is 9.90 Å². The number of hydrogen-bond acceptors (Lipinski definition) is 3. The number of carbonyl (C=O) groups excluding carboxylic acids is 1. The van der Waals surface area contributed by atoms with Crippen LogP contribution in [0.15, 0.2) is 0 Å². The highest BCUT2D eigenvalue weighted by Crippen LogP contribution is 2.18. The molecule has 1 saturated heterocycles. The fraction of sp³-hybridized carbons (Fsp3) is 0.938. The first kappa shape index (κ1) is 18.2. The minimum atomic E-state index is -0.529.